The van der Waals surface area contributed by atoms with E-state index in [0.717, 1.165) is 21.0 Å². The van der Waals surface area contributed by atoms with Crippen LogP contribution >= 0.6 is 0 Å². The van der Waals surface area contributed by atoms with Crippen molar-refractivity contribution < 1.29 is 13.2 Å². The van der Waals surface area contributed by atoms with E-state index in [4.69, 9.17) is 0 Å². The first-order valence-electron chi connectivity index (χ1n) is 8.59. The monoisotopic (exact) mass is 379 g/mol. The molecule has 3 aromatic carbocycles. The van der Waals surface area contributed by atoms with Crippen LogP contribution in [0.25, 0.3) is 0 Å². The second-order valence-electron chi connectivity index (χ2n) is 6.52. The van der Waals surface area contributed by atoms with Crippen molar-refractivity contribution in [3.63, 3.8) is 0 Å². The van der Waals surface area contributed by atoms with Gasteiger partial charge >= 0.3 is 0 Å². The molecule has 5 heteroatoms. The quantitative estimate of drug-likeness (QED) is 0.663. The molecule has 0 saturated heterocycles. The van der Waals surface area contributed by atoms with E-state index in [-0.39, 0.29) is 4.90 Å². The predicted molar refractivity (Wildman–Crippen MR) is 108 cm³/mol. The second-order valence-corrected chi connectivity index (χ2v) is 8.31. The summed E-state index contributed by atoms with van der Waals surface area (Å²) in [4.78, 5) is 13.3. The maximum Gasteiger partial charge on any atom is 0.272 e. The molecule has 0 heterocycles. The summed E-state index contributed by atoms with van der Waals surface area (Å²) < 4.78 is 27.5. The highest BCUT2D eigenvalue weighted by Crippen LogP contribution is 2.26. The number of nitrogens with zero attached hydrogens (tertiary/aromatic N) is 1. The number of benzene rings is 3. The van der Waals surface area contributed by atoms with Crippen LogP contribution in [0.3, 0.4) is 0 Å². The van der Waals surface area contributed by atoms with Crippen LogP contribution in [-0.4, -0.2) is 14.3 Å². The molecule has 3 aromatic rings. The molecular formula is C22H21NO3S. The number of aryl methyl sites for hydroxylation is 3. The van der Waals surface area contributed by atoms with E-state index in [2.05, 4.69) is 0 Å². The Hall–Kier alpha value is -2.92. The largest absolute Gasteiger partial charge is 0.272 e. The van der Waals surface area contributed by atoms with Crippen LogP contribution in [-0.2, 0) is 10.0 Å². The Morgan fingerprint density at radius 2 is 1.41 bits per heavy atom. The summed E-state index contributed by atoms with van der Waals surface area (Å²) in [6, 6.07) is 20.1. The Bertz CT molecular complexity index is 1070. The van der Waals surface area contributed by atoms with Crippen molar-refractivity contribution >= 4 is 21.6 Å². The zero-order valence-electron chi connectivity index (χ0n) is 15.5. The van der Waals surface area contributed by atoms with Gasteiger partial charge in [-0.3, -0.25) is 4.79 Å². The number of hydrogen-bond donors (Lipinski definition) is 0. The van der Waals surface area contributed by atoms with Gasteiger partial charge < -0.3 is 0 Å². The molecule has 0 N–H and O–H groups in total. The van der Waals surface area contributed by atoms with Gasteiger partial charge in [0.25, 0.3) is 15.9 Å². The molecule has 0 radical (unpaired) electrons. The zero-order valence-corrected chi connectivity index (χ0v) is 16.3. The standard InChI is InChI=1S/C22H21NO3S/c1-16-9-13-21(14-10-16)27(25,26)23(20-7-5-4-6-8-20)22(24)19-12-11-17(2)18(3)15-19/h4-15H,1-3H3. The molecule has 0 spiro atoms. The Morgan fingerprint density at radius 3 is 2.00 bits per heavy atom. The van der Waals surface area contributed by atoms with E-state index in [1.54, 1.807) is 54.6 Å². The SMILES string of the molecule is Cc1ccc(S(=O)(=O)N(C(=O)c2ccc(C)c(C)c2)c2ccccc2)cc1. The van der Waals surface area contributed by atoms with Gasteiger partial charge in [0, 0.05) is 5.56 Å². The molecule has 0 atom stereocenters. The van der Waals surface area contributed by atoms with Crippen LogP contribution in [0.1, 0.15) is 27.0 Å². The van der Waals surface area contributed by atoms with Gasteiger partial charge in [-0.25, -0.2) is 8.42 Å². The molecule has 0 aliphatic rings. The van der Waals surface area contributed by atoms with E-state index >= 15 is 0 Å². The van der Waals surface area contributed by atoms with Gasteiger partial charge in [-0.05, 0) is 68.3 Å². The molecule has 4 nitrogen and oxygen atoms in total. The topological polar surface area (TPSA) is 54.5 Å². The molecule has 138 valence electrons. The number of hydrogen-bond acceptors (Lipinski definition) is 3. The van der Waals surface area contributed by atoms with Gasteiger partial charge in [0.1, 0.15) is 0 Å². The van der Waals surface area contributed by atoms with Crippen molar-refractivity contribution in [2.24, 2.45) is 0 Å². The van der Waals surface area contributed by atoms with Crippen LogP contribution in [0.2, 0.25) is 0 Å². The Labute approximate surface area is 160 Å². The number of amides is 1. The highest BCUT2D eigenvalue weighted by molar-refractivity contribution is 7.93. The molecule has 0 bridgehead atoms. The Balaban J connectivity index is 2.15. The molecule has 0 aliphatic carbocycles. The van der Waals surface area contributed by atoms with Gasteiger partial charge in [0.2, 0.25) is 0 Å². The second kappa shape index (κ2) is 7.37. The molecule has 0 saturated carbocycles. The summed E-state index contributed by atoms with van der Waals surface area (Å²) in [5, 5.41) is 0. The highest BCUT2D eigenvalue weighted by atomic mass is 32.2. The fourth-order valence-corrected chi connectivity index (χ4v) is 4.15. The zero-order chi connectivity index (χ0) is 19.6. The number of carbonyl (C=O) groups excluding carboxylic acids is 1. The molecular weight excluding hydrogens is 358 g/mol. The van der Waals surface area contributed by atoms with Crippen LogP contribution < -0.4 is 4.31 Å². The van der Waals surface area contributed by atoms with Crippen molar-refractivity contribution in [3.8, 4) is 0 Å². The lowest BCUT2D eigenvalue weighted by Gasteiger charge is -2.23. The summed E-state index contributed by atoms with van der Waals surface area (Å²) >= 11 is 0. The number of rotatable bonds is 4. The predicted octanol–water partition coefficient (Wildman–Crippen LogP) is 4.65. The number of sulfonamides is 1. The number of para-hydroxylation sites is 1. The third-order valence-electron chi connectivity index (χ3n) is 4.49. The van der Waals surface area contributed by atoms with Gasteiger partial charge in [-0.1, -0.05) is 42.0 Å². The van der Waals surface area contributed by atoms with Crippen LogP contribution in [0.4, 0.5) is 5.69 Å². The van der Waals surface area contributed by atoms with E-state index in [1.165, 1.54) is 12.1 Å². The Kier molecular flexibility index (Phi) is 5.15. The first-order chi connectivity index (χ1) is 12.8. The van der Waals surface area contributed by atoms with E-state index in [0.29, 0.717) is 11.3 Å². The average molecular weight is 379 g/mol. The minimum atomic E-state index is -4.06. The lowest BCUT2D eigenvalue weighted by Crippen LogP contribution is -2.37. The number of anilines is 1. The van der Waals surface area contributed by atoms with Crippen molar-refractivity contribution in [1.29, 1.82) is 0 Å². The number of carbonyl (C=O) groups is 1. The fourth-order valence-electron chi connectivity index (χ4n) is 2.74. The molecule has 0 fully saturated rings. The van der Waals surface area contributed by atoms with Gasteiger partial charge in [0.15, 0.2) is 0 Å². The molecule has 0 aromatic heterocycles. The lowest BCUT2D eigenvalue weighted by molar-refractivity contribution is 0.101. The van der Waals surface area contributed by atoms with E-state index in [9.17, 15) is 13.2 Å². The minimum Gasteiger partial charge on any atom is -0.268 e. The van der Waals surface area contributed by atoms with Crippen LogP contribution in [0.15, 0.2) is 77.7 Å². The maximum atomic E-state index is 13.3. The van der Waals surface area contributed by atoms with Crippen molar-refractivity contribution in [1.82, 2.24) is 0 Å². The molecule has 3 rings (SSSR count). The van der Waals surface area contributed by atoms with Gasteiger partial charge in [0.05, 0.1) is 10.6 Å². The smallest absolute Gasteiger partial charge is 0.268 e. The summed E-state index contributed by atoms with van der Waals surface area (Å²) in [5.41, 5.74) is 3.56. The van der Waals surface area contributed by atoms with E-state index < -0.39 is 15.9 Å². The summed E-state index contributed by atoms with van der Waals surface area (Å²) in [6.07, 6.45) is 0. The molecule has 0 unspecified atom stereocenters. The molecule has 0 aliphatic heterocycles. The third-order valence-corrected chi connectivity index (χ3v) is 6.21. The summed E-state index contributed by atoms with van der Waals surface area (Å²) in [5.74, 6) is -0.579. The van der Waals surface area contributed by atoms with Crippen molar-refractivity contribution in [2.45, 2.75) is 25.7 Å². The first-order valence-corrected chi connectivity index (χ1v) is 10.0. The fraction of sp³-hybridized carbons (Fsp3) is 0.136. The summed E-state index contributed by atoms with van der Waals surface area (Å²) in [7, 11) is -4.06. The average Bonchev–Trinajstić information content (AvgIpc) is 2.65. The lowest BCUT2D eigenvalue weighted by atomic mass is 10.1. The highest BCUT2D eigenvalue weighted by Gasteiger charge is 2.31. The van der Waals surface area contributed by atoms with Gasteiger partial charge in [-0.2, -0.15) is 4.31 Å². The van der Waals surface area contributed by atoms with E-state index in [1.807, 2.05) is 26.8 Å². The molecule has 27 heavy (non-hydrogen) atoms. The van der Waals surface area contributed by atoms with Gasteiger partial charge in [-0.15, -0.1) is 0 Å². The third kappa shape index (κ3) is 3.78. The summed E-state index contributed by atoms with van der Waals surface area (Å²) in [6.45, 7) is 5.72. The maximum absolute atomic E-state index is 13.3. The van der Waals surface area contributed by atoms with Crippen molar-refractivity contribution in [2.75, 3.05) is 4.31 Å². The van der Waals surface area contributed by atoms with Crippen molar-refractivity contribution in [3.05, 3.63) is 95.1 Å². The van der Waals surface area contributed by atoms with Crippen LogP contribution in [0, 0.1) is 20.8 Å². The van der Waals surface area contributed by atoms with Crippen LogP contribution in [0.5, 0.6) is 0 Å². The molecule has 1 amide bonds. The Morgan fingerprint density at radius 1 is 0.778 bits per heavy atom. The normalized spacial score (nSPS) is 11.2. The first kappa shape index (κ1) is 18.9. The minimum absolute atomic E-state index is 0.0779.